The minimum atomic E-state index is 0. The van der Waals surface area contributed by atoms with Crippen molar-refractivity contribution in [1.82, 2.24) is 0 Å². The zero-order valence-electron chi connectivity index (χ0n) is 9.13. The van der Waals surface area contributed by atoms with E-state index in [-0.39, 0.29) is 33.5 Å². The molecular formula is C12H23ClSn. The van der Waals surface area contributed by atoms with Gasteiger partial charge in [0, 0.05) is 0 Å². The molecule has 0 amide bonds. The van der Waals surface area contributed by atoms with Crippen molar-refractivity contribution in [1.29, 1.82) is 0 Å². The first-order valence-corrected chi connectivity index (χ1v) is 9.51. The summed E-state index contributed by atoms with van der Waals surface area (Å²) in [4.78, 5) is 0. The quantitative estimate of drug-likeness (QED) is 0.651. The van der Waals surface area contributed by atoms with E-state index in [2.05, 4.69) is 0 Å². The molecule has 2 aliphatic rings. The Morgan fingerprint density at radius 3 is 1.29 bits per heavy atom. The average Bonchev–Trinajstić information content (AvgIpc) is 2.21. The molecular weight excluding hydrogens is 298 g/mol. The minimum Gasteiger partial charge on any atom is -0.147 e. The van der Waals surface area contributed by atoms with Crippen molar-refractivity contribution >= 4 is 33.5 Å². The fraction of sp³-hybridized carbons (Fsp3) is 1.00. The maximum absolute atomic E-state index is 1.63. The van der Waals surface area contributed by atoms with Crippen LogP contribution in [0.4, 0.5) is 0 Å². The van der Waals surface area contributed by atoms with Crippen molar-refractivity contribution in [2.75, 3.05) is 0 Å². The Hall–Kier alpha value is 1.09. The number of hydrogen-bond acceptors (Lipinski definition) is 0. The van der Waals surface area contributed by atoms with Crippen molar-refractivity contribution in [2.45, 2.75) is 72.1 Å². The molecule has 0 saturated heterocycles. The maximum Gasteiger partial charge on any atom is -0.147 e. The molecule has 0 unspecified atom stereocenters. The third kappa shape index (κ3) is 4.30. The van der Waals surface area contributed by atoms with Crippen LogP contribution in [-0.4, -0.2) is 21.1 Å². The predicted octanol–water partition coefficient (Wildman–Crippen LogP) is 4.62. The average molecular weight is 321 g/mol. The van der Waals surface area contributed by atoms with E-state index in [1.807, 2.05) is 0 Å². The van der Waals surface area contributed by atoms with Gasteiger partial charge in [-0.1, -0.05) is 0 Å². The molecule has 0 aliphatic heterocycles. The summed E-state index contributed by atoms with van der Waals surface area (Å²) in [5.41, 5.74) is 0. The molecule has 2 fully saturated rings. The van der Waals surface area contributed by atoms with Gasteiger partial charge in [-0.2, -0.15) is 0 Å². The van der Waals surface area contributed by atoms with Crippen LogP contribution < -0.4 is 0 Å². The molecule has 2 aliphatic carbocycles. The Morgan fingerprint density at radius 2 is 0.929 bits per heavy atom. The Labute approximate surface area is 105 Å². The summed E-state index contributed by atoms with van der Waals surface area (Å²) in [5.74, 6) is 0. The molecule has 0 aromatic heterocycles. The molecule has 2 rings (SSSR count). The van der Waals surface area contributed by atoms with E-state index in [1.54, 1.807) is 64.2 Å². The Morgan fingerprint density at radius 1 is 0.571 bits per heavy atom. The first-order chi connectivity index (χ1) is 6.45. The molecule has 14 heavy (non-hydrogen) atoms. The van der Waals surface area contributed by atoms with E-state index in [9.17, 15) is 0 Å². The van der Waals surface area contributed by atoms with E-state index in [1.165, 1.54) is 7.87 Å². The van der Waals surface area contributed by atoms with Gasteiger partial charge in [-0.3, -0.25) is 0 Å². The van der Waals surface area contributed by atoms with Gasteiger partial charge >= 0.3 is 93.2 Å². The van der Waals surface area contributed by atoms with Crippen molar-refractivity contribution in [2.24, 2.45) is 0 Å². The van der Waals surface area contributed by atoms with Crippen LogP contribution >= 0.6 is 12.4 Å². The van der Waals surface area contributed by atoms with Crippen molar-refractivity contribution in [3.63, 3.8) is 0 Å². The number of hydrogen-bond donors (Lipinski definition) is 0. The van der Waals surface area contributed by atoms with Crippen molar-refractivity contribution < 1.29 is 0 Å². The largest absolute Gasteiger partial charge is 0.147 e. The molecule has 0 spiro atoms. The molecule has 0 N–H and O–H groups in total. The van der Waals surface area contributed by atoms with Gasteiger partial charge in [0.05, 0.1) is 0 Å². The van der Waals surface area contributed by atoms with Gasteiger partial charge in [0.2, 0.25) is 0 Å². The van der Waals surface area contributed by atoms with Crippen LogP contribution in [0.1, 0.15) is 64.2 Å². The fourth-order valence-corrected chi connectivity index (χ4v) is 9.01. The first-order valence-electron chi connectivity index (χ1n) is 6.21. The van der Waals surface area contributed by atoms with Crippen molar-refractivity contribution in [3.8, 4) is 0 Å². The topological polar surface area (TPSA) is 0 Å². The number of halogens is 1. The van der Waals surface area contributed by atoms with Crippen LogP contribution in [-0.2, 0) is 0 Å². The van der Waals surface area contributed by atoms with Crippen LogP contribution in [0.5, 0.6) is 0 Å². The van der Waals surface area contributed by atoms with Crippen LogP contribution in [0.25, 0.3) is 0 Å². The normalized spacial score (nSPS) is 25.7. The molecule has 0 aromatic carbocycles. The van der Waals surface area contributed by atoms with Gasteiger partial charge in [0.15, 0.2) is 0 Å². The minimum absolute atomic E-state index is 0. The molecule has 0 aromatic rings. The smallest absolute Gasteiger partial charge is 0.147 e. The van der Waals surface area contributed by atoms with Gasteiger partial charge in [0.1, 0.15) is 0 Å². The second-order valence-electron chi connectivity index (χ2n) is 4.84. The molecule has 0 atom stereocenters. The van der Waals surface area contributed by atoms with Gasteiger partial charge < -0.3 is 0 Å². The second-order valence-corrected chi connectivity index (χ2v) is 10.4. The molecule has 2 saturated carbocycles. The van der Waals surface area contributed by atoms with Crippen LogP contribution in [0, 0.1) is 0 Å². The summed E-state index contributed by atoms with van der Waals surface area (Å²) in [6.45, 7) is 0. The van der Waals surface area contributed by atoms with Gasteiger partial charge in [-0.05, 0) is 0 Å². The Balaban J connectivity index is 0.000000980. The third-order valence-electron chi connectivity index (χ3n) is 3.68. The monoisotopic (exact) mass is 322 g/mol. The van der Waals surface area contributed by atoms with Gasteiger partial charge in [-0.15, -0.1) is 12.4 Å². The van der Waals surface area contributed by atoms with Crippen LogP contribution in [0.15, 0.2) is 0 Å². The summed E-state index contributed by atoms with van der Waals surface area (Å²) in [6.07, 6.45) is 15.9. The SMILES string of the molecule is C1CC[CH]([Sn][CH]2CCCCC2)CC1.Cl. The Kier molecular flexibility index (Phi) is 6.93. The van der Waals surface area contributed by atoms with Gasteiger partial charge in [0.25, 0.3) is 0 Å². The van der Waals surface area contributed by atoms with Crippen LogP contribution in [0.3, 0.4) is 0 Å². The molecule has 0 nitrogen and oxygen atoms in total. The van der Waals surface area contributed by atoms with E-state index in [4.69, 9.17) is 0 Å². The van der Waals surface area contributed by atoms with E-state index in [0.29, 0.717) is 0 Å². The summed E-state index contributed by atoms with van der Waals surface area (Å²) in [6, 6.07) is 0. The number of rotatable bonds is 2. The van der Waals surface area contributed by atoms with E-state index in [0.717, 1.165) is 0 Å². The summed E-state index contributed by atoms with van der Waals surface area (Å²) >= 11 is 0.0367. The first kappa shape index (κ1) is 13.2. The summed E-state index contributed by atoms with van der Waals surface area (Å²) < 4.78 is 2.58. The molecule has 0 bridgehead atoms. The molecule has 82 valence electrons. The third-order valence-corrected chi connectivity index (χ3v) is 9.67. The fourth-order valence-electron chi connectivity index (χ4n) is 2.87. The summed E-state index contributed by atoms with van der Waals surface area (Å²) in [5, 5.41) is 0. The zero-order chi connectivity index (χ0) is 8.93. The van der Waals surface area contributed by atoms with Crippen LogP contribution in [0.2, 0.25) is 7.87 Å². The maximum atomic E-state index is 1.63. The van der Waals surface area contributed by atoms with Crippen molar-refractivity contribution in [3.05, 3.63) is 0 Å². The second kappa shape index (κ2) is 7.38. The predicted molar refractivity (Wildman–Crippen MR) is 66.7 cm³/mol. The zero-order valence-corrected chi connectivity index (χ0v) is 12.8. The molecule has 2 radical (unpaired) electrons. The standard InChI is InChI=1S/2C6H11.ClH.Sn/c2*1-2-4-6-5-3-1;;/h2*1H,2-6H2;1H;. The van der Waals surface area contributed by atoms with Gasteiger partial charge in [-0.25, -0.2) is 0 Å². The molecule has 2 heteroatoms. The van der Waals surface area contributed by atoms with E-state index < -0.39 is 0 Å². The molecule has 0 heterocycles. The Bertz CT molecular complexity index is 121. The van der Waals surface area contributed by atoms with E-state index >= 15 is 0 Å². The summed E-state index contributed by atoms with van der Waals surface area (Å²) in [7, 11) is 0.